The number of hydrogen-bond donors (Lipinski definition) is 1. The summed E-state index contributed by atoms with van der Waals surface area (Å²) < 4.78 is 0. The molecule has 0 spiro atoms. The molecular formula is C20H28N2O2. The zero-order valence-corrected chi connectivity index (χ0v) is 14.4. The molecule has 1 saturated heterocycles. The van der Waals surface area contributed by atoms with E-state index < -0.39 is 6.04 Å². The van der Waals surface area contributed by atoms with Crippen molar-refractivity contribution in [2.24, 2.45) is 5.92 Å². The van der Waals surface area contributed by atoms with Gasteiger partial charge in [0.05, 0.1) is 0 Å². The molecule has 2 aliphatic rings. The van der Waals surface area contributed by atoms with Gasteiger partial charge >= 0.3 is 0 Å². The Balaban J connectivity index is 1.68. The van der Waals surface area contributed by atoms with Crippen LogP contribution < -0.4 is 5.32 Å². The number of benzene rings is 1. The highest BCUT2D eigenvalue weighted by molar-refractivity contribution is 5.89. The van der Waals surface area contributed by atoms with Crippen LogP contribution in [0, 0.1) is 5.92 Å². The lowest BCUT2D eigenvalue weighted by molar-refractivity contribution is -0.137. The van der Waals surface area contributed by atoms with Crippen LogP contribution in [0.25, 0.3) is 0 Å². The van der Waals surface area contributed by atoms with Crippen molar-refractivity contribution in [3.05, 3.63) is 35.9 Å². The van der Waals surface area contributed by atoms with Crippen LogP contribution in [0.3, 0.4) is 0 Å². The third-order valence-electron chi connectivity index (χ3n) is 5.29. The zero-order chi connectivity index (χ0) is 16.8. The fourth-order valence-electron chi connectivity index (χ4n) is 3.86. The summed E-state index contributed by atoms with van der Waals surface area (Å²) >= 11 is 0. The summed E-state index contributed by atoms with van der Waals surface area (Å²) in [5, 5.41) is 3.08. The Kier molecular flexibility index (Phi) is 5.89. The van der Waals surface area contributed by atoms with Crippen molar-refractivity contribution >= 4 is 11.8 Å². The molecule has 2 fully saturated rings. The fraction of sp³-hybridized carbons (Fsp3) is 0.600. The quantitative estimate of drug-likeness (QED) is 0.903. The summed E-state index contributed by atoms with van der Waals surface area (Å²) in [6.07, 6.45) is 8.12. The third-order valence-corrected chi connectivity index (χ3v) is 5.29. The topological polar surface area (TPSA) is 49.4 Å². The summed E-state index contributed by atoms with van der Waals surface area (Å²) in [6, 6.07) is 9.56. The summed E-state index contributed by atoms with van der Waals surface area (Å²) in [7, 11) is 0. The normalized spacial score (nSPS) is 19.9. The highest BCUT2D eigenvalue weighted by Crippen LogP contribution is 2.24. The minimum Gasteiger partial charge on any atom is -0.344 e. The van der Waals surface area contributed by atoms with Gasteiger partial charge in [0.2, 0.25) is 11.8 Å². The van der Waals surface area contributed by atoms with Gasteiger partial charge in [0, 0.05) is 25.4 Å². The van der Waals surface area contributed by atoms with E-state index in [0.717, 1.165) is 57.2 Å². The summed E-state index contributed by atoms with van der Waals surface area (Å²) in [6.45, 7) is 1.65. The first kappa shape index (κ1) is 17.0. The standard InChI is InChI=1S/C20H28N2O2/c23-19(17-11-5-2-6-12-17)21-18(15-16-9-3-1-4-10-16)20(24)22-13-7-8-14-22/h1,3-4,9-10,17-18H,2,5-8,11-15H2,(H,21,23). The second kappa shape index (κ2) is 8.32. The number of nitrogens with one attached hydrogen (secondary N) is 1. The molecule has 1 aromatic rings. The molecule has 3 rings (SSSR count). The molecule has 1 aliphatic carbocycles. The number of rotatable bonds is 5. The van der Waals surface area contributed by atoms with Gasteiger partial charge in [0.1, 0.15) is 6.04 Å². The minimum atomic E-state index is -0.431. The van der Waals surface area contributed by atoms with Crippen LogP contribution in [-0.4, -0.2) is 35.8 Å². The molecule has 2 amide bonds. The first-order valence-corrected chi connectivity index (χ1v) is 9.37. The largest absolute Gasteiger partial charge is 0.344 e. The average Bonchev–Trinajstić information content (AvgIpc) is 3.17. The predicted molar refractivity (Wildman–Crippen MR) is 94.5 cm³/mol. The smallest absolute Gasteiger partial charge is 0.245 e. The van der Waals surface area contributed by atoms with E-state index in [0.29, 0.717) is 6.42 Å². The molecule has 1 aliphatic heterocycles. The molecular weight excluding hydrogens is 300 g/mol. The highest BCUT2D eigenvalue weighted by atomic mass is 16.2. The lowest BCUT2D eigenvalue weighted by Gasteiger charge is -2.27. The second-order valence-electron chi connectivity index (χ2n) is 7.12. The van der Waals surface area contributed by atoms with Crippen LogP contribution in [0.15, 0.2) is 30.3 Å². The van der Waals surface area contributed by atoms with Gasteiger partial charge in [-0.05, 0) is 31.2 Å². The fourth-order valence-corrected chi connectivity index (χ4v) is 3.86. The van der Waals surface area contributed by atoms with Gasteiger partial charge in [-0.2, -0.15) is 0 Å². The van der Waals surface area contributed by atoms with Crippen LogP contribution in [0.1, 0.15) is 50.5 Å². The van der Waals surface area contributed by atoms with Crippen LogP contribution in [0.2, 0.25) is 0 Å². The number of nitrogens with zero attached hydrogens (tertiary/aromatic N) is 1. The van der Waals surface area contributed by atoms with Gasteiger partial charge in [-0.3, -0.25) is 9.59 Å². The van der Waals surface area contributed by atoms with E-state index in [9.17, 15) is 9.59 Å². The summed E-state index contributed by atoms with van der Waals surface area (Å²) in [5.74, 6) is 0.243. The van der Waals surface area contributed by atoms with Crippen LogP contribution in [0.4, 0.5) is 0 Å². The highest BCUT2D eigenvalue weighted by Gasteiger charge is 2.30. The molecule has 1 heterocycles. The van der Waals surface area contributed by atoms with E-state index in [-0.39, 0.29) is 17.7 Å². The Morgan fingerprint density at radius 3 is 2.33 bits per heavy atom. The van der Waals surface area contributed by atoms with E-state index in [1.807, 2.05) is 35.2 Å². The Labute approximate surface area is 144 Å². The van der Waals surface area contributed by atoms with E-state index >= 15 is 0 Å². The van der Waals surface area contributed by atoms with Crippen molar-refractivity contribution in [1.29, 1.82) is 0 Å². The molecule has 1 aromatic carbocycles. The second-order valence-corrected chi connectivity index (χ2v) is 7.12. The van der Waals surface area contributed by atoms with E-state index in [1.165, 1.54) is 6.42 Å². The first-order valence-electron chi connectivity index (χ1n) is 9.37. The van der Waals surface area contributed by atoms with Crippen molar-refractivity contribution < 1.29 is 9.59 Å². The SMILES string of the molecule is O=C(NC(Cc1ccccc1)C(=O)N1CCCC1)C1CCCCC1. The molecule has 130 valence electrons. The summed E-state index contributed by atoms with van der Waals surface area (Å²) in [5.41, 5.74) is 1.10. The van der Waals surface area contributed by atoms with Crippen molar-refractivity contribution in [1.82, 2.24) is 10.2 Å². The molecule has 0 radical (unpaired) electrons. The lowest BCUT2D eigenvalue weighted by atomic mass is 9.88. The van der Waals surface area contributed by atoms with Crippen LogP contribution >= 0.6 is 0 Å². The van der Waals surface area contributed by atoms with Gasteiger partial charge in [0.15, 0.2) is 0 Å². The number of hydrogen-bond acceptors (Lipinski definition) is 2. The van der Waals surface area contributed by atoms with Gasteiger partial charge in [-0.25, -0.2) is 0 Å². The molecule has 0 bridgehead atoms. The Hall–Kier alpha value is -1.84. The Morgan fingerprint density at radius 2 is 1.67 bits per heavy atom. The molecule has 1 atom stereocenters. The molecule has 4 nitrogen and oxygen atoms in total. The summed E-state index contributed by atoms with van der Waals surface area (Å²) in [4.78, 5) is 27.4. The van der Waals surface area contributed by atoms with Crippen molar-refractivity contribution in [2.45, 2.75) is 57.4 Å². The van der Waals surface area contributed by atoms with Gasteiger partial charge < -0.3 is 10.2 Å². The van der Waals surface area contributed by atoms with E-state index in [4.69, 9.17) is 0 Å². The maximum Gasteiger partial charge on any atom is 0.245 e. The number of carbonyl (C=O) groups excluding carboxylic acids is 2. The Bertz CT molecular complexity index is 546. The minimum absolute atomic E-state index is 0.0724. The maximum absolute atomic E-state index is 12.9. The molecule has 0 aromatic heterocycles. The number of amides is 2. The van der Waals surface area contributed by atoms with Crippen LogP contribution in [0.5, 0.6) is 0 Å². The average molecular weight is 328 g/mol. The zero-order valence-electron chi connectivity index (χ0n) is 14.4. The molecule has 1 unspecified atom stereocenters. The van der Waals surface area contributed by atoms with E-state index in [2.05, 4.69) is 5.32 Å². The van der Waals surface area contributed by atoms with Crippen molar-refractivity contribution in [3.8, 4) is 0 Å². The van der Waals surface area contributed by atoms with Gasteiger partial charge in [-0.15, -0.1) is 0 Å². The van der Waals surface area contributed by atoms with E-state index in [1.54, 1.807) is 0 Å². The van der Waals surface area contributed by atoms with Crippen molar-refractivity contribution in [2.75, 3.05) is 13.1 Å². The van der Waals surface area contributed by atoms with Crippen LogP contribution in [-0.2, 0) is 16.0 Å². The van der Waals surface area contributed by atoms with Crippen molar-refractivity contribution in [3.63, 3.8) is 0 Å². The predicted octanol–water partition coefficient (Wildman–Crippen LogP) is 2.92. The number of carbonyl (C=O) groups is 2. The van der Waals surface area contributed by atoms with Gasteiger partial charge in [0.25, 0.3) is 0 Å². The molecule has 1 saturated carbocycles. The molecule has 24 heavy (non-hydrogen) atoms. The molecule has 4 heteroatoms. The third kappa shape index (κ3) is 4.37. The molecule has 1 N–H and O–H groups in total. The maximum atomic E-state index is 12.9. The Morgan fingerprint density at radius 1 is 1.00 bits per heavy atom. The lowest BCUT2D eigenvalue weighted by Crippen LogP contribution is -2.50. The first-order chi connectivity index (χ1) is 11.7. The monoisotopic (exact) mass is 328 g/mol. The number of likely N-dealkylation sites (tertiary alicyclic amines) is 1. The van der Waals surface area contributed by atoms with Gasteiger partial charge in [-0.1, -0.05) is 49.6 Å².